The van der Waals surface area contributed by atoms with Crippen molar-refractivity contribution in [3.05, 3.63) is 69.2 Å². The van der Waals surface area contributed by atoms with Crippen molar-refractivity contribution in [1.29, 1.82) is 0 Å². The Morgan fingerprint density at radius 2 is 1.88 bits per heavy atom. The van der Waals surface area contributed by atoms with Gasteiger partial charge in [0.15, 0.2) is 17.1 Å². The van der Waals surface area contributed by atoms with E-state index < -0.39 is 17.8 Å². The number of ether oxygens (including phenoxy) is 1. The number of aliphatic hydroxyl groups excluding tert-OH is 1. The fraction of sp³-hybridized carbons (Fsp3) is 0.379. The second-order valence-corrected chi connectivity index (χ2v) is 11.4. The minimum absolute atomic E-state index is 0.0290. The number of methoxy groups -OCH3 is 1. The number of aliphatic hydroxyl groups is 1. The Hall–Kier alpha value is -3.81. The summed E-state index contributed by atoms with van der Waals surface area (Å²) in [7, 11) is 1.49. The van der Waals surface area contributed by atoms with Crippen LogP contribution in [0.25, 0.3) is 16.9 Å². The van der Waals surface area contributed by atoms with Crippen molar-refractivity contribution in [3.8, 4) is 17.0 Å². The maximum absolute atomic E-state index is 14.3. The number of ketones is 1. The van der Waals surface area contributed by atoms with E-state index in [1.54, 1.807) is 35.2 Å². The lowest BCUT2D eigenvalue weighted by molar-refractivity contribution is -0.143. The van der Waals surface area contributed by atoms with Crippen LogP contribution < -0.4 is 4.74 Å². The van der Waals surface area contributed by atoms with Gasteiger partial charge >= 0.3 is 6.18 Å². The lowest BCUT2D eigenvalue weighted by Gasteiger charge is -2.42. The molecule has 1 saturated heterocycles. The quantitative estimate of drug-likeness (QED) is 0.302. The summed E-state index contributed by atoms with van der Waals surface area (Å²) >= 11 is 1.33. The van der Waals surface area contributed by atoms with E-state index in [0.717, 1.165) is 11.1 Å². The van der Waals surface area contributed by atoms with E-state index in [1.165, 1.54) is 32.3 Å². The maximum Gasteiger partial charge on any atom is 0.433 e. The summed E-state index contributed by atoms with van der Waals surface area (Å²) in [6.07, 6.45) is -3.61. The zero-order valence-corrected chi connectivity index (χ0v) is 24.3. The number of hydrogen-bond donors (Lipinski definition) is 1. The van der Waals surface area contributed by atoms with E-state index in [-0.39, 0.29) is 53.5 Å². The third-order valence-electron chi connectivity index (χ3n) is 7.58. The van der Waals surface area contributed by atoms with Crippen molar-refractivity contribution in [2.45, 2.75) is 39.0 Å². The highest BCUT2D eigenvalue weighted by molar-refractivity contribution is 7.14. The first-order valence-corrected chi connectivity index (χ1v) is 14.1. The Kier molecular flexibility index (Phi) is 8.10. The molecule has 1 N–H and O–H groups in total. The van der Waals surface area contributed by atoms with Crippen molar-refractivity contribution in [2.24, 2.45) is 0 Å². The summed E-state index contributed by atoms with van der Waals surface area (Å²) in [6.45, 7) is 5.63. The molecule has 0 radical (unpaired) electrons. The average Bonchev–Trinajstić information content (AvgIpc) is 3.60. The first-order chi connectivity index (χ1) is 19.9. The fourth-order valence-corrected chi connectivity index (χ4v) is 6.45. The van der Waals surface area contributed by atoms with Crippen molar-refractivity contribution in [1.82, 2.24) is 24.4 Å². The largest absolute Gasteiger partial charge is 0.497 e. The fourth-order valence-electron chi connectivity index (χ4n) is 5.42. The number of hydrogen-bond acceptors (Lipinski definition) is 8. The molecule has 0 saturated carbocycles. The number of Topliss-reactive ketones (excluding diaryl/α,β-unsaturated/α-hetero) is 1. The van der Waals surface area contributed by atoms with Crippen molar-refractivity contribution < 1.29 is 32.6 Å². The lowest BCUT2D eigenvalue weighted by atomic mass is 10.0. The van der Waals surface area contributed by atoms with Gasteiger partial charge in [-0.05, 0) is 57.2 Å². The third kappa shape index (κ3) is 5.39. The van der Waals surface area contributed by atoms with Crippen molar-refractivity contribution >= 4 is 28.7 Å². The predicted octanol–water partition coefficient (Wildman–Crippen LogP) is 4.88. The van der Waals surface area contributed by atoms with Gasteiger partial charge in [0.05, 0.1) is 36.5 Å². The molecule has 4 heterocycles. The topological polar surface area (TPSA) is 100 Å². The Morgan fingerprint density at radius 3 is 2.45 bits per heavy atom. The van der Waals surface area contributed by atoms with E-state index in [0.29, 0.717) is 33.8 Å². The van der Waals surface area contributed by atoms with Crippen LogP contribution in [0.3, 0.4) is 0 Å². The zero-order valence-electron chi connectivity index (χ0n) is 23.5. The van der Waals surface area contributed by atoms with E-state index >= 15 is 0 Å². The number of fused-ring (bicyclic) bond motifs is 1. The molecular weight excluding hydrogens is 571 g/mol. The van der Waals surface area contributed by atoms with Gasteiger partial charge in [0.2, 0.25) is 0 Å². The van der Waals surface area contributed by atoms with Crippen LogP contribution in [-0.4, -0.2) is 80.6 Å². The highest BCUT2D eigenvalue weighted by Crippen LogP contribution is 2.37. The normalized spacial score (nSPS) is 17.0. The summed E-state index contributed by atoms with van der Waals surface area (Å²) in [4.78, 5) is 35.2. The summed E-state index contributed by atoms with van der Waals surface area (Å²) in [5.41, 5.74) is -0.778. The van der Waals surface area contributed by atoms with E-state index in [2.05, 4.69) is 10.1 Å². The van der Waals surface area contributed by atoms with Crippen LogP contribution in [0.2, 0.25) is 0 Å². The Bertz CT molecular complexity index is 1630. The maximum atomic E-state index is 14.3. The minimum atomic E-state index is -4.75. The molecule has 0 spiro atoms. The summed E-state index contributed by atoms with van der Waals surface area (Å²) in [5, 5.41) is 14.1. The number of alkyl halides is 3. The summed E-state index contributed by atoms with van der Waals surface area (Å²) in [5.74, 6) is 0.0225. The summed E-state index contributed by atoms with van der Waals surface area (Å²) in [6, 6.07) is 9.41. The Morgan fingerprint density at radius 1 is 1.17 bits per heavy atom. The monoisotopic (exact) mass is 601 g/mol. The smallest absolute Gasteiger partial charge is 0.433 e. The van der Waals surface area contributed by atoms with Crippen LogP contribution in [0.4, 0.5) is 13.2 Å². The number of amides is 1. The molecule has 1 aliphatic rings. The van der Waals surface area contributed by atoms with Crippen LogP contribution in [0.1, 0.15) is 56.1 Å². The highest BCUT2D eigenvalue weighted by atomic mass is 32.1. The van der Waals surface area contributed by atoms with Gasteiger partial charge in [0, 0.05) is 41.7 Å². The number of nitrogens with zero attached hydrogens (tertiary/aromatic N) is 5. The second kappa shape index (κ2) is 11.5. The number of thiophene rings is 1. The molecule has 0 aliphatic carbocycles. The lowest BCUT2D eigenvalue weighted by Crippen LogP contribution is -2.55. The Balaban J connectivity index is 1.47. The molecule has 1 aromatic carbocycles. The molecular formula is C29H30F3N5O4S. The number of benzene rings is 1. The van der Waals surface area contributed by atoms with Crippen LogP contribution in [0.5, 0.6) is 5.75 Å². The molecule has 0 unspecified atom stereocenters. The van der Waals surface area contributed by atoms with Gasteiger partial charge in [-0.1, -0.05) is 0 Å². The summed E-state index contributed by atoms with van der Waals surface area (Å²) < 4.78 is 48.8. The SMILES string of the molecule is COc1ccc(-c2nc3c(C(=O)N4CCN([C@@H](CO)c5ccc(C(C)=O)s5)C[C@H]4C)cnn3c(C(F)(F)F)c2C)cc1. The first kappa shape index (κ1) is 29.7. The molecule has 222 valence electrons. The van der Waals surface area contributed by atoms with Crippen LogP contribution in [-0.2, 0) is 6.18 Å². The second-order valence-electron chi connectivity index (χ2n) is 10.3. The average molecular weight is 602 g/mol. The molecule has 4 aromatic rings. The number of carbonyl (C=O) groups excluding carboxylic acids is 2. The Labute approximate surface area is 244 Å². The first-order valence-electron chi connectivity index (χ1n) is 13.3. The molecule has 1 amide bonds. The van der Waals surface area contributed by atoms with Gasteiger partial charge in [0.1, 0.15) is 11.3 Å². The number of rotatable bonds is 7. The van der Waals surface area contributed by atoms with Crippen LogP contribution in [0.15, 0.2) is 42.6 Å². The molecule has 2 atom stereocenters. The molecule has 1 aliphatic heterocycles. The van der Waals surface area contributed by atoms with Crippen molar-refractivity contribution in [3.63, 3.8) is 0 Å². The van der Waals surface area contributed by atoms with Gasteiger partial charge in [-0.25, -0.2) is 9.50 Å². The van der Waals surface area contributed by atoms with E-state index in [9.17, 15) is 27.9 Å². The number of aromatic nitrogens is 3. The highest BCUT2D eigenvalue weighted by Gasteiger charge is 2.40. The van der Waals surface area contributed by atoms with Gasteiger partial charge in [-0.15, -0.1) is 11.3 Å². The molecule has 1 fully saturated rings. The molecule has 0 bridgehead atoms. The third-order valence-corrected chi connectivity index (χ3v) is 8.87. The molecule has 13 heteroatoms. The van der Waals surface area contributed by atoms with Crippen molar-refractivity contribution in [2.75, 3.05) is 33.4 Å². The molecule has 5 rings (SSSR count). The number of piperazine rings is 1. The molecule has 9 nitrogen and oxygen atoms in total. The van der Waals surface area contributed by atoms with E-state index in [4.69, 9.17) is 4.74 Å². The number of carbonyl (C=O) groups is 2. The van der Waals surface area contributed by atoms with Crippen LogP contribution in [0, 0.1) is 6.92 Å². The predicted molar refractivity (Wildman–Crippen MR) is 151 cm³/mol. The number of halogens is 3. The van der Waals surface area contributed by atoms with Gasteiger partial charge in [-0.2, -0.15) is 18.3 Å². The van der Waals surface area contributed by atoms with Gasteiger partial charge < -0.3 is 14.7 Å². The molecule has 42 heavy (non-hydrogen) atoms. The van der Waals surface area contributed by atoms with E-state index in [1.807, 2.05) is 17.9 Å². The zero-order chi connectivity index (χ0) is 30.3. The minimum Gasteiger partial charge on any atom is -0.497 e. The van der Waals surface area contributed by atoms with Gasteiger partial charge in [-0.3, -0.25) is 14.5 Å². The van der Waals surface area contributed by atoms with Gasteiger partial charge in [0.25, 0.3) is 5.91 Å². The van der Waals surface area contributed by atoms with Crippen LogP contribution >= 0.6 is 11.3 Å². The molecule has 3 aromatic heterocycles. The standard InChI is InChI=1S/C29H30F3N5O4S/c1-16-14-35(22(15-38)24-10-9-23(42-24)18(3)39)11-12-36(16)28(40)21-13-33-37-26(29(30,31)32)17(2)25(34-27(21)37)19-5-7-20(41-4)8-6-19/h5-10,13,16,22,38H,11-12,14-15H2,1-4H3/t16-,22+/m1/s1.